The van der Waals surface area contributed by atoms with Crippen molar-refractivity contribution in [1.29, 1.82) is 0 Å². The third-order valence-electron chi connectivity index (χ3n) is 6.42. The summed E-state index contributed by atoms with van der Waals surface area (Å²) in [6, 6.07) is 8.69. The first-order chi connectivity index (χ1) is 14.5. The van der Waals surface area contributed by atoms with Gasteiger partial charge in [0, 0.05) is 12.1 Å². The average Bonchev–Trinajstić information content (AvgIpc) is 3.01. The minimum atomic E-state index is -1.91. The highest BCUT2D eigenvalue weighted by Gasteiger charge is 2.39. The molecule has 0 atom stereocenters. The number of hydrogen-bond acceptors (Lipinski definition) is 3. The van der Waals surface area contributed by atoms with Crippen LogP contribution < -0.4 is 4.43 Å². The Bertz CT molecular complexity index is 1110. The number of fused-ring (bicyclic) bond motifs is 1. The van der Waals surface area contributed by atoms with Crippen molar-refractivity contribution in [1.82, 2.24) is 14.5 Å². The van der Waals surface area contributed by atoms with Crippen LogP contribution >= 0.6 is 0 Å². The maximum absolute atomic E-state index is 6.65. The van der Waals surface area contributed by atoms with Crippen molar-refractivity contribution in [3.8, 4) is 5.75 Å². The summed E-state index contributed by atoms with van der Waals surface area (Å²) < 4.78 is 8.91. The van der Waals surface area contributed by atoms with Crippen LogP contribution in [0.25, 0.3) is 11.2 Å². The number of hydrogen-bond donors (Lipinski definition) is 0. The molecule has 3 aromatic rings. The molecule has 5 heteroatoms. The molecule has 166 valence electrons. The molecule has 31 heavy (non-hydrogen) atoms. The first kappa shape index (κ1) is 23.3. The molecule has 0 N–H and O–H groups in total. The molecule has 0 fully saturated rings. The van der Waals surface area contributed by atoms with E-state index in [0.29, 0.717) is 0 Å². The Hall–Kier alpha value is -2.40. The van der Waals surface area contributed by atoms with E-state index < -0.39 is 8.32 Å². The second kappa shape index (κ2) is 8.62. The van der Waals surface area contributed by atoms with E-state index in [0.717, 1.165) is 47.8 Å². The van der Waals surface area contributed by atoms with Gasteiger partial charge in [0.1, 0.15) is 17.1 Å². The van der Waals surface area contributed by atoms with Crippen molar-refractivity contribution < 1.29 is 4.43 Å². The smallest absolute Gasteiger partial charge is 0.250 e. The summed E-state index contributed by atoms with van der Waals surface area (Å²) in [7, 11) is -1.91. The van der Waals surface area contributed by atoms with E-state index in [-0.39, 0.29) is 5.04 Å². The Labute approximate surface area is 188 Å². The lowest BCUT2D eigenvalue weighted by atomic mass is 10.1. The molecule has 0 bridgehead atoms. The maximum Gasteiger partial charge on any atom is 0.250 e. The van der Waals surface area contributed by atoms with Crippen LogP contribution in [0.1, 0.15) is 55.9 Å². The number of pyridine rings is 1. The van der Waals surface area contributed by atoms with Gasteiger partial charge < -0.3 is 8.99 Å². The molecule has 1 aromatic carbocycles. The topological polar surface area (TPSA) is 39.9 Å². The molecule has 0 saturated carbocycles. The van der Waals surface area contributed by atoms with Crippen molar-refractivity contribution in [2.45, 2.75) is 79.1 Å². The standard InChI is InChI=1S/C26H37N3OSi/c1-10-12-21-16-20(13-14-22(21)30-31(8,9)26(5,6)7)17-29-23(11-2)28-24-18(3)15-19(4)27-25(24)29/h10,13-16H,1,11-12,17H2,2-9H3. The van der Waals surface area contributed by atoms with Gasteiger partial charge in [-0.3, -0.25) is 0 Å². The van der Waals surface area contributed by atoms with Gasteiger partial charge in [0.25, 0.3) is 0 Å². The van der Waals surface area contributed by atoms with E-state index in [1.54, 1.807) is 0 Å². The highest BCUT2D eigenvalue weighted by molar-refractivity contribution is 6.74. The predicted molar refractivity (Wildman–Crippen MR) is 134 cm³/mol. The Balaban J connectivity index is 2.02. The minimum absolute atomic E-state index is 0.157. The third-order valence-corrected chi connectivity index (χ3v) is 10.8. The van der Waals surface area contributed by atoms with Gasteiger partial charge in [-0.25, -0.2) is 9.97 Å². The van der Waals surface area contributed by atoms with Crippen LogP contribution in [0.4, 0.5) is 0 Å². The van der Waals surface area contributed by atoms with Crippen LogP contribution in [-0.2, 0) is 19.4 Å². The zero-order valence-corrected chi connectivity index (χ0v) is 21.5. The van der Waals surface area contributed by atoms with Crippen LogP contribution in [0.15, 0.2) is 36.9 Å². The Kier molecular flexibility index (Phi) is 6.47. The molecule has 4 nitrogen and oxygen atoms in total. The molecular weight excluding hydrogens is 398 g/mol. The summed E-state index contributed by atoms with van der Waals surface area (Å²) in [4.78, 5) is 9.70. The lowest BCUT2D eigenvalue weighted by Gasteiger charge is -2.37. The molecule has 0 aliphatic rings. The molecule has 0 radical (unpaired) electrons. The Morgan fingerprint density at radius 2 is 1.84 bits per heavy atom. The number of aromatic nitrogens is 3. The largest absolute Gasteiger partial charge is 0.543 e. The summed E-state index contributed by atoms with van der Waals surface area (Å²) in [5.41, 5.74) is 6.61. The average molecular weight is 436 g/mol. The molecule has 2 aromatic heterocycles. The first-order valence-corrected chi connectivity index (χ1v) is 14.1. The lowest BCUT2D eigenvalue weighted by Crippen LogP contribution is -2.44. The van der Waals surface area contributed by atoms with Crippen LogP contribution in [0.5, 0.6) is 5.75 Å². The zero-order valence-electron chi connectivity index (χ0n) is 20.5. The Morgan fingerprint density at radius 1 is 1.13 bits per heavy atom. The fourth-order valence-electron chi connectivity index (χ4n) is 3.64. The molecule has 0 unspecified atom stereocenters. The molecule has 0 saturated heterocycles. The summed E-state index contributed by atoms with van der Waals surface area (Å²) in [5.74, 6) is 2.06. The van der Waals surface area contributed by atoms with Gasteiger partial charge in [-0.15, -0.1) is 6.58 Å². The molecule has 0 aliphatic heterocycles. The second-order valence-electron chi connectivity index (χ2n) is 10.0. The second-order valence-corrected chi connectivity index (χ2v) is 14.7. The van der Waals surface area contributed by atoms with Crippen LogP contribution in [0, 0.1) is 13.8 Å². The fourth-order valence-corrected chi connectivity index (χ4v) is 4.70. The third kappa shape index (κ3) is 4.77. The predicted octanol–water partition coefficient (Wildman–Crippen LogP) is 6.77. The van der Waals surface area contributed by atoms with E-state index in [9.17, 15) is 0 Å². The molecule has 0 aliphatic carbocycles. The van der Waals surface area contributed by atoms with Crippen molar-refractivity contribution in [3.05, 3.63) is 65.1 Å². The maximum atomic E-state index is 6.65. The molecule has 0 amide bonds. The van der Waals surface area contributed by atoms with E-state index in [1.807, 2.05) is 13.0 Å². The molecular formula is C26H37N3OSi. The van der Waals surface area contributed by atoms with Crippen LogP contribution in [0.2, 0.25) is 18.1 Å². The zero-order chi connectivity index (χ0) is 23.0. The quantitative estimate of drug-likeness (QED) is 0.304. The number of imidazole rings is 1. The van der Waals surface area contributed by atoms with E-state index in [1.165, 1.54) is 16.7 Å². The van der Waals surface area contributed by atoms with E-state index in [2.05, 4.69) is 83.1 Å². The van der Waals surface area contributed by atoms with Crippen molar-refractivity contribution >= 4 is 19.5 Å². The van der Waals surface area contributed by atoms with Gasteiger partial charge in [-0.05, 0) is 67.2 Å². The lowest BCUT2D eigenvalue weighted by molar-refractivity contribution is 0.488. The van der Waals surface area contributed by atoms with Crippen molar-refractivity contribution in [2.24, 2.45) is 0 Å². The van der Waals surface area contributed by atoms with E-state index >= 15 is 0 Å². The van der Waals surface area contributed by atoms with Crippen LogP contribution in [-0.4, -0.2) is 22.9 Å². The number of allylic oxidation sites excluding steroid dienone is 1. The SMILES string of the molecule is C=CCc1cc(Cn2c(CC)nc3c(C)cc(C)nc32)ccc1O[Si](C)(C)C(C)(C)C. The molecule has 2 heterocycles. The minimum Gasteiger partial charge on any atom is -0.543 e. The van der Waals surface area contributed by atoms with Crippen molar-refractivity contribution in [3.63, 3.8) is 0 Å². The monoisotopic (exact) mass is 435 g/mol. The summed E-state index contributed by atoms with van der Waals surface area (Å²) in [6.45, 7) is 22.4. The number of nitrogens with zero attached hydrogens (tertiary/aromatic N) is 3. The Morgan fingerprint density at radius 3 is 2.45 bits per heavy atom. The normalized spacial score (nSPS) is 12.4. The number of aryl methyl sites for hydroxylation is 3. The number of benzene rings is 1. The van der Waals surface area contributed by atoms with Gasteiger partial charge in [0.2, 0.25) is 8.32 Å². The summed E-state index contributed by atoms with van der Waals surface area (Å²) >= 11 is 0. The summed E-state index contributed by atoms with van der Waals surface area (Å²) in [5, 5.41) is 0.157. The van der Waals surface area contributed by atoms with Gasteiger partial charge in [0.15, 0.2) is 5.65 Å². The summed E-state index contributed by atoms with van der Waals surface area (Å²) in [6.07, 6.45) is 3.62. The fraction of sp³-hybridized carbons (Fsp3) is 0.462. The molecule has 0 spiro atoms. The van der Waals surface area contributed by atoms with Crippen molar-refractivity contribution in [2.75, 3.05) is 0 Å². The van der Waals surface area contributed by atoms with Gasteiger partial charge in [-0.2, -0.15) is 0 Å². The highest BCUT2D eigenvalue weighted by atomic mass is 28.4. The van der Waals surface area contributed by atoms with Crippen LogP contribution in [0.3, 0.4) is 0 Å². The van der Waals surface area contributed by atoms with E-state index in [4.69, 9.17) is 14.4 Å². The number of rotatable bonds is 7. The van der Waals surface area contributed by atoms with Gasteiger partial charge >= 0.3 is 0 Å². The highest BCUT2D eigenvalue weighted by Crippen LogP contribution is 2.38. The molecule has 3 rings (SSSR count). The first-order valence-electron chi connectivity index (χ1n) is 11.2. The van der Waals surface area contributed by atoms with Gasteiger partial charge in [0.05, 0.1) is 6.54 Å². The van der Waals surface area contributed by atoms with Gasteiger partial charge in [-0.1, -0.05) is 45.9 Å².